The zero-order valence-electron chi connectivity index (χ0n) is 13.8. The summed E-state index contributed by atoms with van der Waals surface area (Å²) in [6.07, 6.45) is 8.10. The lowest BCUT2D eigenvalue weighted by molar-refractivity contribution is 0.206. The van der Waals surface area contributed by atoms with Gasteiger partial charge in [-0.3, -0.25) is 4.68 Å². The smallest absolute Gasteiger partial charge is 0.317 e. The average Bonchev–Trinajstić information content (AvgIpc) is 3.13. The number of carbonyl (C=O) groups excluding carboxylic acids is 1. The van der Waals surface area contributed by atoms with Gasteiger partial charge in [0.05, 0.1) is 5.69 Å². The van der Waals surface area contributed by atoms with E-state index in [2.05, 4.69) is 24.3 Å². The fraction of sp³-hybridized carbons (Fsp3) is 0.765. The second-order valence-electron chi connectivity index (χ2n) is 7.07. The maximum absolute atomic E-state index is 12.3. The fourth-order valence-electron chi connectivity index (χ4n) is 3.78. The van der Waals surface area contributed by atoms with E-state index in [1.165, 1.54) is 25.7 Å². The van der Waals surface area contributed by atoms with Gasteiger partial charge in [0, 0.05) is 38.3 Å². The number of hydrogen-bond donors (Lipinski definition) is 1. The Bertz CT molecular complexity index is 497. The third kappa shape index (κ3) is 3.45. The highest BCUT2D eigenvalue weighted by Crippen LogP contribution is 2.35. The minimum atomic E-state index is 0.109. The highest BCUT2D eigenvalue weighted by Gasteiger charge is 2.36. The van der Waals surface area contributed by atoms with Crippen LogP contribution in [0.15, 0.2) is 12.3 Å². The van der Waals surface area contributed by atoms with Crippen molar-refractivity contribution in [1.82, 2.24) is 20.0 Å². The molecule has 5 heteroatoms. The van der Waals surface area contributed by atoms with Crippen LogP contribution in [-0.2, 0) is 6.42 Å². The van der Waals surface area contributed by atoms with Gasteiger partial charge >= 0.3 is 6.03 Å². The Balaban J connectivity index is 1.42. The maximum Gasteiger partial charge on any atom is 0.317 e. The third-order valence-electron chi connectivity index (χ3n) is 5.11. The predicted octanol–water partition coefficient (Wildman–Crippen LogP) is 2.84. The second kappa shape index (κ2) is 6.71. The number of fused-ring (bicyclic) bond motifs is 1. The number of carbonyl (C=O) groups is 1. The molecule has 1 N–H and O–H groups in total. The molecule has 0 aromatic carbocycles. The summed E-state index contributed by atoms with van der Waals surface area (Å²) in [6.45, 7) is 6.81. The number of amides is 2. The van der Waals surface area contributed by atoms with E-state index in [0.29, 0.717) is 12.6 Å². The Hall–Kier alpha value is -1.52. The van der Waals surface area contributed by atoms with Crippen LogP contribution in [0, 0.1) is 11.8 Å². The predicted molar refractivity (Wildman–Crippen MR) is 86.7 cm³/mol. The molecule has 1 saturated heterocycles. The molecule has 2 aliphatic rings. The van der Waals surface area contributed by atoms with Crippen molar-refractivity contribution in [2.24, 2.45) is 11.8 Å². The van der Waals surface area contributed by atoms with Crippen LogP contribution in [0.4, 0.5) is 4.79 Å². The Labute approximate surface area is 133 Å². The monoisotopic (exact) mass is 304 g/mol. The van der Waals surface area contributed by atoms with Gasteiger partial charge in [0.15, 0.2) is 0 Å². The summed E-state index contributed by atoms with van der Waals surface area (Å²) in [4.78, 5) is 14.3. The summed E-state index contributed by atoms with van der Waals surface area (Å²) in [6, 6.07) is 2.53. The summed E-state index contributed by atoms with van der Waals surface area (Å²) < 4.78 is 1.96. The Morgan fingerprint density at radius 2 is 2.00 bits per heavy atom. The quantitative estimate of drug-likeness (QED) is 0.930. The number of nitrogens with zero attached hydrogens (tertiary/aromatic N) is 3. The zero-order valence-corrected chi connectivity index (χ0v) is 13.8. The largest absolute Gasteiger partial charge is 0.338 e. The number of urea groups is 1. The molecule has 5 nitrogen and oxygen atoms in total. The minimum absolute atomic E-state index is 0.109. The van der Waals surface area contributed by atoms with Crippen LogP contribution < -0.4 is 5.32 Å². The Morgan fingerprint density at radius 3 is 2.59 bits per heavy atom. The number of nitrogens with one attached hydrogen (secondary N) is 1. The number of rotatable bonds is 4. The van der Waals surface area contributed by atoms with Crippen LogP contribution in [-0.4, -0.2) is 40.3 Å². The SMILES string of the molecule is CC(C)n1ccc(CCNC(=O)N2C[C@H]3CCCC[C@@H]3C2)n1. The molecule has 1 saturated carbocycles. The number of hydrogen-bond acceptors (Lipinski definition) is 2. The molecule has 3 rings (SSSR count). The second-order valence-corrected chi connectivity index (χ2v) is 7.07. The van der Waals surface area contributed by atoms with Crippen molar-refractivity contribution in [1.29, 1.82) is 0 Å². The van der Waals surface area contributed by atoms with Gasteiger partial charge < -0.3 is 10.2 Å². The molecule has 0 radical (unpaired) electrons. The van der Waals surface area contributed by atoms with E-state index in [-0.39, 0.29) is 6.03 Å². The molecule has 0 bridgehead atoms. The van der Waals surface area contributed by atoms with Crippen molar-refractivity contribution in [3.8, 4) is 0 Å². The first-order valence-corrected chi connectivity index (χ1v) is 8.70. The number of aromatic nitrogens is 2. The van der Waals surface area contributed by atoms with Gasteiger partial charge in [0.25, 0.3) is 0 Å². The Kier molecular flexibility index (Phi) is 4.69. The molecular weight excluding hydrogens is 276 g/mol. The lowest BCUT2D eigenvalue weighted by Gasteiger charge is -2.22. The van der Waals surface area contributed by atoms with Crippen LogP contribution >= 0.6 is 0 Å². The van der Waals surface area contributed by atoms with Gasteiger partial charge in [-0.1, -0.05) is 12.8 Å². The topological polar surface area (TPSA) is 50.2 Å². The molecule has 2 heterocycles. The van der Waals surface area contributed by atoms with Crippen molar-refractivity contribution < 1.29 is 4.79 Å². The van der Waals surface area contributed by atoms with Crippen LogP contribution in [0.2, 0.25) is 0 Å². The number of likely N-dealkylation sites (tertiary alicyclic amines) is 1. The van der Waals surface area contributed by atoms with Crippen LogP contribution in [0.25, 0.3) is 0 Å². The summed E-state index contributed by atoms with van der Waals surface area (Å²) >= 11 is 0. The highest BCUT2D eigenvalue weighted by molar-refractivity contribution is 5.74. The van der Waals surface area contributed by atoms with Crippen LogP contribution in [0.5, 0.6) is 0 Å². The van der Waals surface area contributed by atoms with Crippen molar-refractivity contribution >= 4 is 6.03 Å². The zero-order chi connectivity index (χ0) is 15.5. The first-order valence-electron chi connectivity index (χ1n) is 8.70. The van der Waals surface area contributed by atoms with Gasteiger partial charge in [0.2, 0.25) is 0 Å². The Morgan fingerprint density at radius 1 is 1.32 bits per heavy atom. The summed E-state index contributed by atoms with van der Waals surface area (Å²) in [5.74, 6) is 1.50. The maximum atomic E-state index is 12.3. The first-order chi connectivity index (χ1) is 10.6. The van der Waals surface area contributed by atoms with Gasteiger partial charge in [-0.15, -0.1) is 0 Å². The van der Waals surface area contributed by atoms with Gasteiger partial charge in [-0.25, -0.2) is 4.79 Å². The molecule has 0 unspecified atom stereocenters. The van der Waals surface area contributed by atoms with E-state index in [1.54, 1.807) is 0 Å². The third-order valence-corrected chi connectivity index (χ3v) is 5.11. The van der Waals surface area contributed by atoms with Crippen molar-refractivity contribution in [3.63, 3.8) is 0 Å². The molecule has 2 amide bonds. The van der Waals surface area contributed by atoms with Crippen LogP contribution in [0.1, 0.15) is 51.3 Å². The molecule has 2 fully saturated rings. The van der Waals surface area contributed by atoms with E-state index < -0.39 is 0 Å². The van der Waals surface area contributed by atoms with Crippen LogP contribution in [0.3, 0.4) is 0 Å². The van der Waals surface area contributed by atoms with Gasteiger partial charge in [-0.2, -0.15) is 5.10 Å². The standard InChI is InChI=1S/C17H28N4O/c1-13(2)21-10-8-16(19-21)7-9-18-17(22)20-11-14-5-3-4-6-15(14)12-20/h8,10,13-15H,3-7,9,11-12H2,1-2H3,(H,18,22)/t14-,15-/m1/s1. The average molecular weight is 304 g/mol. The first kappa shape index (κ1) is 15.4. The van der Waals surface area contributed by atoms with Crippen molar-refractivity contribution in [2.75, 3.05) is 19.6 Å². The van der Waals surface area contributed by atoms with Crippen molar-refractivity contribution in [2.45, 2.75) is 52.0 Å². The molecule has 122 valence electrons. The molecule has 22 heavy (non-hydrogen) atoms. The lowest BCUT2D eigenvalue weighted by atomic mass is 9.82. The molecule has 1 aromatic heterocycles. The van der Waals surface area contributed by atoms with E-state index >= 15 is 0 Å². The van der Waals surface area contributed by atoms with E-state index in [0.717, 1.165) is 37.0 Å². The summed E-state index contributed by atoms with van der Waals surface area (Å²) in [5.41, 5.74) is 1.05. The van der Waals surface area contributed by atoms with Gasteiger partial charge in [0.1, 0.15) is 0 Å². The van der Waals surface area contributed by atoms with E-state index in [9.17, 15) is 4.79 Å². The molecule has 2 atom stereocenters. The normalized spacial score (nSPS) is 24.6. The minimum Gasteiger partial charge on any atom is -0.338 e. The molecular formula is C17H28N4O. The molecule has 1 aromatic rings. The van der Waals surface area contributed by atoms with E-state index in [4.69, 9.17) is 0 Å². The van der Waals surface area contributed by atoms with E-state index in [1.807, 2.05) is 21.8 Å². The summed E-state index contributed by atoms with van der Waals surface area (Å²) in [5, 5.41) is 7.57. The van der Waals surface area contributed by atoms with Crippen molar-refractivity contribution in [3.05, 3.63) is 18.0 Å². The van der Waals surface area contributed by atoms with Gasteiger partial charge in [-0.05, 0) is 44.6 Å². The lowest BCUT2D eigenvalue weighted by Crippen LogP contribution is -2.39. The molecule has 1 aliphatic carbocycles. The summed E-state index contributed by atoms with van der Waals surface area (Å²) in [7, 11) is 0. The highest BCUT2D eigenvalue weighted by atomic mass is 16.2. The molecule has 0 spiro atoms. The molecule has 1 aliphatic heterocycles. The fourth-order valence-corrected chi connectivity index (χ4v) is 3.78.